The van der Waals surface area contributed by atoms with Crippen molar-refractivity contribution in [2.45, 2.75) is 6.54 Å². The van der Waals surface area contributed by atoms with Gasteiger partial charge in [0, 0.05) is 11.1 Å². The third-order valence-corrected chi connectivity index (χ3v) is 4.07. The molecule has 1 N–H and O–H groups in total. The molecular weight excluding hydrogens is 268 g/mol. The van der Waals surface area contributed by atoms with Crippen molar-refractivity contribution in [2.24, 2.45) is 0 Å². The predicted molar refractivity (Wildman–Crippen MR) is 83.2 cm³/mol. The molecule has 4 aromatic rings. The Hall–Kier alpha value is -2.33. The van der Waals surface area contributed by atoms with Gasteiger partial charge in [0.15, 0.2) is 0 Å². The van der Waals surface area contributed by atoms with E-state index in [1.807, 2.05) is 35.8 Å². The van der Waals surface area contributed by atoms with Crippen molar-refractivity contribution < 1.29 is 4.42 Å². The first kappa shape index (κ1) is 11.5. The minimum atomic E-state index is 0.680. The zero-order valence-electron chi connectivity index (χ0n) is 10.7. The van der Waals surface area contributed by atoms with Crippen LogP contribution in [0.4, 0.5) is 5.69 Å². The number of nitrogens with one attached hydrogen (secondary N) is 1. The van der Waals surface area contributed by atoms with E-state index in [2.05, 4.69) is 28.5 Å². The van der Waals surface area contributed by atoms with Crippen LogP contribution >= 0.6 is 11.3 Å². The minimum Gasteiger partial charge on any atom is -0.459 e. The zero-order valence-corrected chi connectivity index (χ0v) is 11.5. The van der Waals surface area contributed by atoms with Crippen LogP contribution in [-0.2, 0) is 6.54 Å². The maximum absolute atomic E-state index is 5.79. The summed E-state index contributed by atoms with van der Waals surface area (Å²) in [5, 5.41) is 4.53. The Kier molecular flexibility index (Phi) is 2.67. The number of thiazole rings is 1. The maximum atomic E-state index is 5.79. The molecule has 4 rings (SSSR count). The second-order valence-electron chi connectivity index (χ2n) is 4.64. The summed E-state index contributed by atoms with van der Waals surface area (Å²) >= 11 is 1.65. The highest BCUT2D eigenvalue weighted by Gasteiger charge is 2.03. The number of fused-ring (bicyclic) bond motifs is 2. The van der Waals surface area contributed by atoms with E-state index in [0.29, 0.717) is 6.54 Å². The smallest absolute Gasteiger partial charge is 0.134 e. The number of anilines is 1. The first-order chi connectivity index (χ1) is 9.88. The monoisotopic (exact) mass is 280 g/mol. The van der Waals surface area contributed by atoms with Crippen LogP contribution in [0.1, 0.15) is 5.76 Å². The van der Waals surface area contributed by atoms with E-state index < -0.39 is 0 Å². The van der Waals surface area contributed by atoms with Crippen LogP contribution in [0.5, 0.6) is 0 Å². The number of hydrogen-bond acceptors (Lipinski definition) is 4. The number of nitrogens with zero attached hydrogens (tertiary/aromatic N) is 1. The highest BCUT2D eigenvalue weighted by molar-refractivity contribution is 7.16. The first-order valence-corrected chi connectivity index (χ1v) is 7.31. The second kappa shape index (κ2) is 4.65. The van der Waals surface area contributed by atoms with Gasteiger partial charge in [0.1, 0.15) is 11.3 Å². The Morgan fingerprint density at radius 3 is 3.00 bits per heavy atom. The van der Waals surface area contributed by atoms with Gasteiger partial charge in [-0.2, -0.15) is 0 Å². The van der Waals surface area contributed by atoms with Crippen LogP contribution in [0.2, 0.25) is 0 Å². The average Bonchev–Trinajstić information content (AvgIpc) is 3.10. The molecule has 0 spiro atoms. The lowest BCUT2D eigenvalue weighted by Gasteiger charge is -2.03. The fourth-order valence-electron chi connectivity index (χ4n) is 2.28. The molecule has 0 unspecified atom stereocenters. The van der Waals surface area contributed by atoms with E-state index in [1.165, 1.54) is 4.70 Å². The molecule has 2 aromatic heterocycles. The largest absolute Gasteiger partial charge is 0.459 e. The molecule has 4 heteroatoms. The number of hydrogen-bond donors (Lipinski definition) is 1. The third kappa shape index (κ3) is 2.04. The van der Waals surface area contributed by atoms with Crippen molar-refractivity contribution in [1.29, 1.82) is 0 Å². The SMILES string of the molecule is c1ccc2oc(CNc3ccc4ncsc4c3)cc2c1. The molecule has 0 aliphatic heterocycles. The second-order valence-corrected chi connectivity index (χ2v) is 5.53. The van der Waals surface area contributed by atoms with E-state index in [0.717, 1.165) is 27.9 Å². The highest BCUT2D eigenvalue weighted by Crippen LogP contribution is 2.23. The number of para-hydroxylation sites is 1. The molecule has 0 radical (unpaired) electrons. The summed E-state index contributed by atoms with van der Waals surface area (Å²) in [4.78, 5) is 4.28. The molecule has 2 heterocycles. The average molecular weight is 280 g/mol. The third-order valence-electron chi connectivity index (χ3n) is 3.27. The summed E-state index contributed by atoms with van der Waals surface area (Å²) in [5.74, 6) is 0.940. The van der Waals surface area contributed by atoms with Gasteiger partial charge in [0.25, 0.3) is 0 Å². The van der Waals surface area contributed by atoms with Crippen molar-refractivity contribution >= 4 is 38.2 Å². The van der Waals surface area contributed by atoms with Crippen molar-refractivity contribution in [1.82, 2.24) is 4.98 Å². The van der Waals surface area contributed by atoms with E-state index in [-0.39, 0.29) is 0 Å². The van der Waals surface area contributed by atoms with E-state index in [4.69, 9.17) is 4.42 Å². The van der Waals surface area contributed by atoms with Gasteiger partial charge >= 0.3 is 0 Å². The topological polar surface area (TPSA) is 38.1 Å². The van der Waals surface area contributed by atoms with Crippen LogP contribution < -0.4 is 5.32 Å². The molecule has 0 saturated heterocycles. The summed E-state index contributed by atoms with van der Waals surface area (Å²) in [5.41, 5.74) is 4.93. The van der Waals surface area contributed by atoms with Crippen LogP contribution in [0.15, 0.2) is 58.5 Å². The first-order valence-electron chi connectivity index (χ1n) is 6.43. The standard InChI is InChI=1S/C16H12N2OS/c1-2-4-15-11(3-1)7-13(19-15)9-17-12-5-6-14-16(8-12)20-10-18-14/h1-8,10,17H,9H2. The van der Waals surface area contributed by atoms with Crippen LogP contribution in [-0.4, -0.2) is 4.98 Å². The molecule has 0 saturated carbocycles. The van der Waals surface area contributed by atoms with Gasteiger partial charge in [0.05, 0.1) is 22.3 Å². The Labute approximate surface area is 119 Å². The van der Waals surface area contributed by atoms with Crippen molar-refractivity contribution in [3.63, 3.8) is 0 Å². The molecule has 20 heavy (non-hydrogen) atoms. The van der Waals surface area contributed by atoms with Crippen molar-refractivity contribution in [2.75, 3.05) is 5.32 Å². The fraction of sp³-hybridized carbons (Fsp3) is 0.0625. The van der Waals surface area contributed by atoms with Gasteiger partial charge in [-0.05, 0) is 30.3 Å². The fourth-order valence-corrected chi connectivity index (χ4v) is 2.99. The van der Waals surface area contributed by atoms with Gasteiger partial charge in [-0.15, -0.1) is 11.3 Å². The minimum absolute atomic E-state index is 0.680. The van der Waals surface area contributed by atoms with Gasteiger partial charge in [-0.3, -0.25) is 0 Å². The quantitative estimate of drug-likeness (QED) is 0.593. The molecule has 3 nitrogen and oxygen atoms in total. The number of aromatic nitrogens is 1. The van der Waals surface area contributed by atoms with E-state index in [1.54, 1.807) is 11.3 Å². The van der Waals surface area contributed by atoms with Gasteiger partial charge in [0.2, 0.25) is 0 Å². The summed E-state index contributed by atoms with van der Waals surface area (Å²) in [7, 11) is 0. The molecule has 0 bridgehead atoms. The lowest BCUT2D eigenvalue weighted by molar-refractivity contribution is 0.559. The number of benzene rings is 2. The normalized spacial score (nSPS) is 11.2. The predicted octanol–water partition coefficient (Wildman–Crippen LogP) is 4.65. The molecular formula is C16H12N2OS. The summed E-state index contributed by atoms with van der Waals surface area (Å²) in [6.45, 7) is 0.680. The number of furan rings is 1. The molecule has 2 aromatic carbocycles. The highest BCUT2D eigenvalue weighted by atomic mass is 32.1. The number of rotatable bonds is 3. The lowest BCUT2D eigenvalue weighted by Crippen LogP contribution is -1.97. The summed E-state index contributed by atoms with van der Waals surface area (Å²) in [6, 6.07) is 16.3. The Bertz CT molecular complexity index is 843. The summed E-state index contributed by atoms with van der Waals surface area (Å²) < 4.78 is 6.98. The Morgan fingerprint density at radius 1 is 1.10 bits per heavy atom. The maximum Gasteiger partial charge on any atom is 0.134 e. The molecule has 0 aliphatic carbocycles. The van der Waals surface area contributed by atoms with Crippen LogP contribution in [0.3, 0.4) is 0 Å². The zero-order chi connectivity index (χ0) is 13.4. The Morgan fingerprint density at radius 2 is 2.05 bits per heavy atom. The molecule has 0 atom stereocenters. The van der Waals surface area contributed by atoms with Gasteiger partial charge in [-0.1, -0.05) is 18.2 Å². The molecule has 0 amide bonds. The summed E-state index contributed by atoms with van der Waals surface area (Å²) in [6.07, 6.45) is 0. The van der Waals surface area contributed by atoms with Gasteiger partial charge < -0.3 is 9.73 Å². The van der Waals surface area contributed by atoms with Crippen LogP contribution in [0.25, 0.3) is 21.2 Å². The van der Waals surface area contributed by atoms with E-state index in [9.17, 15) is 0 Å². The van der Waals surface area contributed by atoms with Crippen LogP contribution in [0, 0.1) is 0 Å². The molecule has 98 valence electrons. The van der Waals surface area contributed by atoms with Gasteiger partial charge in [-0.25, -0.2) is 4.98 Å². The van der Waals surface area contributed by atoms with Crippen molar-refractivity contribution in [3.05, 3.63) is 59.8 Å². The van der Waals surface area contributed by atoms with Crippen molar-refractivity contribution in [3.8, 4) is 0 Å². The lowest BCUT2D eigenvalue weighted by atomic mass is 10.2. The Balaban J connectivity index is 1.56. The molecule has 0 fully saturated rings. The molecule has 0 aliphatic rings. The van der Waals surface area contributed by atoms with E-state index >= 15 is 0 Å².